The zero-order valence-corrected chi connectivity index (χ0v) is 22.3. The van der Waals surface area contributed by atoms with Crippen molar-refractivity contribution in [2.45, 2.75) is 43.4 Å². The molecule has 1 aromatic rings. The summed E-state index contributed by atoms with van der Waals surface area (Å²) in [5, 5.41) is 8.88. The quantitative estimate of drug-likeness (QED) is 0.0398. The monoisotopic (exact) mass is 650 g/mol. The van der Waals surface area contributed by atoms with Crippen LogP contribution in [0.3, 0.4) is 0 Å². The van der Waals surface area contributed by atoms with Crippen LogP contribution in [0.15, 0.2) is 24.3 Å². The van der Waals surface area contributed by atoms with E-state index in [1.54, 1.807) is 24.3 Å². The SMILES string of the molecule is CC(CCC(O)(P(=O)(O)O)P(=O)(O)O)NC(=O)[C@@H](N)Cc1ccc([N+](C=O)(CCCl)CCCl)cc1.[NaH].[NaH].[NaH]. The molecule has 0 aliphatic carbocycles. The summed E-state index contributed by atoms with van der Waals surface area (Å²) in [6.07, 6.45) is -0.395. The molecule has 0 fully saturated rings. The van der Waals surface area contributed by atoms with Crippen LogP contribution in [0, 0.1) is 0 Å². The number of hydrogen-bond donors (Lipinski definition) is 7. The molecule has 0 bridgehead atoms. The summed E-state index contributed by atoms with van der Waals surface area (Å²) in [4.78, 5) is 61.0. The third kappa shape index (κ3) is 12.4. The van der Waals surface area contributed by atoms with E-state index in [1.807, 2.05) is 0 Å². The number of nitrogens with one attached hydrogen (secondary N) is 1. The molecule has 12 nitrogen and oxygen atoms in total. The van der Waals surface area contributed by atoms with Crippen LogP contribution in [-0.2, 0) is 25.1 Å². The molecule has 0 aliphatic rings. The fourth-order valence-corrected chi connectivity index (χ4v) is 6.21. The van der Waals surface area contributed by atoms with E-state index < -0.39 is 44.7 Å². The maximum absolute atomic E-state index is 12.4. The molecule has 0 spiro atoms. The molecule has 0 heterocycles. The van der Waals surface area contributed by atoms with Gasteiger partial charge in [0.15, 0.2) is 0 Å². The van der Waals surface area contributed by atoms with E-state index >= 15 is 0 Å². The molecule has 38 heavy (non-hydrogen) atoms. The van der Waals surface area contributed by atoms with Crippen molar-refractivity contribution < 1.29 is 43.4 Å². The van der Waals surface area contributed by atoms with Crippen LogP contribution in [0.4, 0.5) is 5.69 Å². The Kier molecular flexibility index (Phi) is 22.8. The van der Waals surface area contributed by atoms with Crippen molar-refractivity contribution in [2.75, 3.05) is 24.8 Å². The maximum atomic E-state index is 12.4. The third-order valence-electron chi connectivity index (χ3n) is 5.65. The van der Waals surface area contributed by atoms with E-state index in [0.29, 0.717) is 24.3 Å². The van der Waals surface area contributed by atoms with Gasteiger partial charge in [-0.1, -0.05) is 12.1 Å². The van der Waals surface area contributed by atoms with Crippen molar-refractivity contribution in [1.29, 1.82) is 0 Å². The Bertz CT molecular complexity index is 943. The number of carbonyl (C=O) groups excluding carboxylic acids is 2. The predicted octanol–water partition coefficient (Wildman–Crippen LogP) is -1.16. The minimum atomic E-state index is -5.58. The first-order valence-corrected chi connectivity index (χ1v) is 14.8. The zero-order chi connectivity index (χ0) is 27.1. The van der Waals surface area contributed by atoms with Crippen LogP contribution < -0.4 is 15.5 Å². The van der Waals surface area contributed by atoms with Crippen molar-refractivity contribution in [3.05, 3.63) is 29.8 Å². The average molecular weight is 651 g/mol. The van der Waals surface area contributed by atoms with E-state index in [4.69, 9.17) is 28.9 Å². The zero-order valence-electron chi connectivity index (χ0n) is 19.0. The predicted molar refractivity (Wildman–Crippen MR) is 154 cm³/mol. The molecule has 1 aromatic carbocycles. The summed E-state index contributed by atoms with van der Waals surface area (Å²) in [5.74, 6) is -0.111. The van der Waals surface area contributed by atoms with Gasteiger partial charge in [0.05, 0.1) is 17.8 Å². The van der Waals surface area contributed by atoms with Gasteiger partial charge in [0.2, 0.25) is 5.91 Å². The number of rotatable bonds is 15. The molecule has 0 radical (unpaired) electrons. The van der Waals surface area contributed by atoms with E-state index in [-0.39, 0.29) is 118 Å². The fourth-order valence-electron chi connectivity index (χ4n) is 3.41. The molecule has 0 aromatic heterocycles. The Labute approximate surface area is 298 Å². The molecular weight excluding hydrogens is 616 g/mol. The van der Waals surface area contributed by atoms with Gasteiger partial charge in [0.1, 0.15) is 18.8 Å². The van der Waals surface area contributed by atoms with Gasteiger partial charge < -0.3 is 35.7 Å². The van der Waals surface area contributed by atoms with Gasteiger partial charge in [-0.2, -0.15) is 0 Å². The number of halogens is 2. The van der Waals surface area contributed by atoms with Crippen LogP contribution in [0.1, 0.15) is 25.3 Å². The Morgan fingerprint density at radius 3 is 1.87 bits per heavy atom. The molecule has 2 amide bonds. The molecule has 8 N–H and O–H groups in total. The molecule has 1 unspecified atom stereocenters. The first-order chi connectivity index (χ1) is 16.1. The van der Waals surface area contributed by atoms with Crippen molar-refractivity contribution in [3.63, 3.8) is 0 Å². The van der Waals surface area contributed by atoms with Crippen molar-refractivity contribution in [2.24, 2.45) is 5.73 Å². The number of aliphatic hydroxyl groups is 1. The standard InChI is InChI=1S/C19H31Cl2N3O9P2.3Na.3H/c1-14(6-7-19(27,34(28,29)30)35(31,32)33)23-18(26)17(22)12-15-2-4-16(5-3-15)24(13-25,10-8-20)11-9-21;;;;;;/h2-5,13-14,17,27H,6-12,22H2,1H3,(H4-,23,26,28,29,30,31,32,33);;;;;;/p+1/t14?,17-;;;;;;/m0....../s1. The van der Waals surface area contributed by atoms with Crippen LogP contribution >= 0.6 is 38.4 Å². The van der Waals surface area contributed by atoms with Gasteiger partial charge in [-0.05, 0) is 37.5 Å². The second-order valence-electron chi connectivity index (χ2n) is 8.25. The summed E-state index contributed by atoms with van der Waals surface area (Å²) in [7, 11) is -11.2. The van der Waals surface area contributed by atoms with Crippen LogP contribution in [-0.4, -0.2) is 168 Å². The molecule has 2 atom stereocenters. The average Bonchev–Trinajstić information content (AvgIpc) is 2.76. The van der Waals surface area contributed by atoms with Gasteiger partial charge >= 0.3 is 110 Å². The number of amides is 2. The molecular formula is C19H35Cl2N3Na3O9P2+. The van der Waals surface area contributed by atoms with Gasteiger partial charge in [-0.25, -0.2) is 9.28 Å². The molecule has 0 aliphatic heterocycles. The van der Waals surface area contributed by atoms with E-state index in [0.717, 1.165) is 6.41 Å². The first-order valence-electron chi connectivity index (χ1n) is 10.5. The third-order valence-corrected chi connectivity index (χ3v) is 9.86. The number of nitrogens with zero attached hydrogens (tertiary/aromatic N) is 1. The number of alkyl halides is 2. The molecule has 19 heteroatoms. The van der Waals surface area contributed by atoms with E-state index in [9.17, 15) is 43.4 Å². The van der Waals surface area contributed by atoms with Gasteiger partial charge in [-0.15, -0.1) is 23.2 Å². The topological polar surface area (TPSA) is 207 Å². The Hall–Kier alpha value is 2.12. The van der Waals surface area contributed by atoms with Crippen LogP contribution in [0.5, 0.6) is 0 Å². The van der Waals surface area contributed by atoms with E-state index in [2.05, 4.69) is 5.32 Å². The summed E-state index contributed by atoms with van der Waals surface area (Å²) in [6.45, 7) is 2.15. The van der Waals surface area contributed by atoms with Gasteiger partial charge in [0.25, 0.3) is 5.08 Å². The number of carbonyl (C=O) groups is 2. The first kappa shape index (κ1) is 44.6. The van der Waals surface area contributed by atoms with Crippen LogP contribution in [0.25, 0.3) is 0 Å². The summed E-state index contributed by atoms with van der Waals surface area (Å²) in [5.41, 5.74) is 7.33. The normalized spacial score (nSPS) is 13.7. The number of benzene rings is 1. The molecule has 0 saturated carbocycles. The summed E-state index contributed by atoms with van der Waals surface area (Å²) >= 11 is 11.7. The van der Waals surface area contributed by atoms with Crippen molar-refractivity contribution in [3.8, 4) is 0 Å². The number of nitrogens with two attached hydrogens (primary N) is 1. The fraction of sp³-hybridized carbons (Fsp3) is 0.579. The number of hydrogen-bond acceptors (Lipinski definition) is 6. The Balaban J connectivity index is -0.00000408. The minimum absolute atomic E-state index is 0. The van der Waals surface area contributed by atoms with E-state index in [1.165, 1.54) is 6.92 Å². The Morgan fingerprint density at radius 2 is 1.50 bits per heavy atom. The number of quaternary nitrogens is 1. The van der Waals surface area contributed by atoms with Crippen molar-refractivity contribution in [1.82, 2.24) is 9.80 Å². The van der Waals surface area contributed by atoms with Crippen LogP contribution in [0.2, 0.25) is 0 Å². The molecule has 1 rings (SSSR count). The summed E-state index contributed by atoms with van der Waals surface area (Å²) in [6, 6.07) is 5.05. The van der Waals surface area contributed by atoms with Gasteiger partial charge in [0, 0.05) is 12.5 Å². The van der Waals surface area contributed by atoms with Gasteiger partial charge in [-0.3, -0.25) is 13.9 Å². The second-order valence-corrected chi connectivity index (χ2v) is 13.0. The second kappa shape index (κ2) is 19.4. The summed E-state index contributed by atoms with van der Waals surface area (Å²) < 4.78 is 22.8. The molecule has 206 valence electrons. The van der Waals surface area contributed by atoms with Crippen molar-refractivity contribution >= 4 is 145 Å². The Morgan fingerprint density at radius 1 is 1.05 bits per heavy atom. The molecule has 0 saturated heterocycles.